The zero-order valence-corrected chi connectivity index (χ0v) is 26.1. The first kappa shape index (κ1) is 25.0. The summed E-state index contributed by atoms with van der Waals surface area (Å²) in [5, 5.41) is 0. The lowest BCUT2D eigenvalue weighted by atomic mass is 9.32. The highest BCUT2D eigenvalue weighted by Crippen LogP contribution is 2.69. The highest BCUT2D eigenvalue weighted by molar-refractivity contribution is 7.00. The van der Waals surface area contributed by atoms with Crippen LogP contribution in [0.4, 0.5) is 34.1 Å². The van der Waals surface area contributed by atoms with Gasteiger partial charge in [-0.2, -0.15) is 0 Å². The van der Waals surface area contributed by atoms with Crippen molar-refractivity contribution in [2.75, 3.05) is 9.80 Å². The van der Waals surface area contributed by atoms with Crippen LogP contribution in [0, 0.1) is 37.5 Å². The number of aryl methyl sites for hydroxylation is 2. The molecule has 7 aliphatic rings. The van der Waals surface area contributed by atoms with Crippen LogP contribution in [0.2, 0.25) is 0 Å². The van der Waals surface area contributed by atoms with Crippen LogP contribution in [0.25, 0.3) is 0 Å². The largest absolute Gasteiger partial charge is 0.311 e. The summed E-state index contributed by atoms with van der Waals surface area (Å²) in [6.45, 7) is 4.74. The maximum absolute atomic E-state index is 2.70. The molecule has 1 spiro atoms. The molecule has 0 aromatic heterocycles. The zero-order chi connectivity index (χ0) is 29.6. The quantitative estimate of drug-likeness (QED) is 0.180. The third kappa shape index (κ3) is 2.95. The Kier molecular flexibility index (Phi) is 4.73. The van der Waals surface area contributed by atoms with Crippen LogP contribution in [0.3, 0.4) is 0 Å². The highest BCUT2D eigenvalue weighted by Gasteiger charge is 2.62. The molecule has 3 aliphatic heterocycles. The summed E-state index contributed by atoms with van der Waals surface area (Å²) in [5.41, 5.74) is 18.6. The minimum Gasteiger partial charge on any atom is -0.311 e. The van der Waals surface area contributed by atoms with Crippen LogP contribution in [-0.4, -0.2) is 6.71 Å². The fourth-order valence-corrected chi connectivity index (χ4v) is 11.8. The van der Waals surface area contributed by atoms with E-state index >= 15 is 0 Å². The number of nitrogens with zero attached hydrogens (tertiary/aromatic N) is 2. The van der Waals surface area contributed by atoms with E-state index < -0.39 is 0 Å². The Labute approximate surface area is 266 Å². The monoisotopic (exact) mass is 580 g/mol. The molecular formula is C42H37BN2. The lowest BCUT2D eigenvalue weighted by Gasteiger charge is -2.64. The molecule has 5 aromatic carbocycles. The maximum Gasteiger partial charge on any atom is 0.252 e. The second-order valence-corrected chi connectivity index (χ2v) is 15.1. The Morgan fingerprint density at radius 2 is 1.20 bits per heavy atom. The SMILES string of the molecule is Cc1cccc(N2c3cccc(C)c3B3c4cccc5c4N(c4ccccc4C54C5CC6CC(C5)CC4C6)c4cccc2c43)c1. The summed E-state index contributed by atoms with van der Waals surface area (Å²) in [6.07, 6.45) is 7.10. The molecule has 0 saturated heterocycles. The number of fused-ring (bicyclic) bond motifs is 6. The van der Waals surface area contributed by atoms with E-state index in [1.165, 1.54) is 93.7 Å². The van der Waals surface area contributed by atoms with E-state index in [1.54, 1.807) is 11.1 Å². The van der Waals surface area contributed by atoms with E-state index in [1.807, 2.05) is 0 Å². The Morgan fingerprint density at radius 1 is 0.578 bits per heavy atom. The van der Waals surface area contributed by atoms with Gasteiger partial charge in [0.1, 0.15) is 0 Å². The van der Waals surface area contributed by atoms with Crippen molar-refractivity contribution in [3.05, 3.63) is 125 Å². The molecule has 3 heteroatoms. The molecule has 4 fully saturated rings. The normalized spacial score (nSPS) is 27.3. The Balaban J connectivity index is 1.25. The predicted octanol–water partition coefficient (Wildman–Crippen LogP) is 8.44. The second-order valence-electron chi connectivity index (χ2n) is 15.1. The van der Waals surface area contributed by atoms with Crippen molar-refractivity contribution in [3.8, 4) is 0 Å². The molecule has 4 bridgehead atoms. The molecule has 3 heterocycles. The molecule has 2 nitrogen and oxygen atoms in total. The number of hydrogen-bond donors (Lipinski definition) is 0. The zero-order valence-electron chi connectivity index (χ0n) is 26.1. The van der Waals surface area contributed by atoms with E-state index in [0.717, 1.165) is 23.7 Å². The first-order valence-electron chi connectivity index (χ1n) is 17.2. The van der Waals surface area contributed by atoms with Crippen LogP contribution in [0.1, 0.15) is 54.4 Å². The van der Waals surface area contributed by atoms with E-state index in [4.69, 9.17) is 0 Å². The predicted molar refractivity (Wildman–Crippen MR) is 188 cm³/mol. The summed E-state index contributed by atoms with van der Waals surface area (Å²) in [7, 11) is 0. The molecule has 45 heavy (non-hydrogen) atoms. The molecule has 0 amide bonds. The minimum absolute atomic E-state index is 0.123. The van der Waals surface area contributed by atoms with Gasteiger partial charge in [0.05, 0.1) is 5.69 Å². The second kappa shape index (κ2) is 8.52. The first-order chi connectivity index (χ1) is 22.1. The van der Waals surface area contributed by atoms with Crippen molar-refractivity contribution in [2.24, 2.45) is 23.7 Å². The van der Waals surface area contributed by atoms with Crippen molar-refractivity contribution in [1.82, 2.24) is 0 Å². The number of hydrogen-bond acceptors (Lipinski definition) is 2. The molecule has 4 aliphatic carbocycles. The summed E-state index contributed by atoms with van der Waals surface area (Å²) >= 11 is 0. The number of anilines is 6. The van der Waals surface area contributed by atoms with Crippen LogP contribution in [0.15, 0.2) is 103 Å². The van der Waals surface area contributed by atoms with Gasteiger partial charge in [0, 0.05) is 33.9 Å². The van der Waals surface area contributed by atoms with Gasteiger partial charge in [0.2, 0.25) is 0 Å². The molecule has 0 unspecified atom stereocenters. The fourth-order valence-electron chi connectivity index (χ4n) is 11.8. The van der Waals surface area contributed by atoms with Gasteiger partial charge in [0.15, 0.2) is 0 Å². The summed E-state index contributed by atoms with van der Waals surface area (Å²) in [4.78, 5) is 5.23. The molecular weight excluding hydrogens is 543 g/mol. The van der Waals surface area contributed by atoms with Crippen molar-refractivity contribution in [1.29, 1.82) is 0 Å². The van der Waals surface area contributed by atoms with Crippen molar-refractivity contribution in [2.45, 2.75) is 51.4 Å². The average Bonchev–Trinajstić information content (AvgIpc) is 3.05. The van der Waals surface area contributed by atoms with E-state index in [0.29, 0.717) is 0 Å². The Bertz CT molecular complexity index is 2070. The fraction of sp³-hybridized carbons (Fsp3) is 0.286. The lowest BCUT2D eigenvalue weighted by molar-refractivity contribution is -0.0419. The Morgan fingerprint density at radius 3 is 1.98 bits per heavy atom. The molecule has 4 saturated carbocycles. The standard InChI is InChI=1S/C42H37BN2/c1-25-9-5-11-31(19-25)44-36-16-6-10-26(2)39(36)43-34-14-7-13-33-41(34)45(38-18-8-17-37(44)40(38)43)35-15-4-3-12-32(35)42(33)29-21-27-20-28(23-29)24-30(42)22-27/h3-19,27-30H,20-24H2,1-2H3. The third-order valence-electron chi connectivity index (χ3n) is 13.0. The molecule has 0 N–H and O–H groups in total. The third-order valence-corrected chi connectivity index (χ3v) is 13.0. The highest BCUT2D eigenvalue weighted by atomic mass is 15.2. The summed E-state index contributed by atoms with van der Waals surface area (Å²) in [5.74, 6) is 3.36. The topological polar surface area (TPSA) is 6.48 Å². The van der Waals surface area contributed by atoms with Crippen LogP contribution >= 0.6 is 0 Å². The number of rotatable bonds is 1. The Hall–Kier alpha value is -4.24. The van der Waals surface area contributed by atoms with Crippen LogP contribution in [0.5, 0.6) is 0 Å². The van der Waals surface area contributed by atoms with Crippen LogP contribution in [-0.2, 0) is 5.41 Å². The van der Waals surface area contributed by atoms with E-state index in [2.05, 4.69) is 127 Å². The van der Waals surface area contributed by atoms with Gasteiger partial charge in [-0.3, -0.25) is 0 Å². The van der Waals surface area contributed by atoms with Gasteiger partial charge in [-0.1, -0.05) is 72.3 Å². The van der Waals surface area contributed by atoms with Crippen LogP contribution < -0.4 is 26.2 Å². The van der Waals surface area contributed by atoms with E-state index in [-0.39, 0.29) is 12.1 Å². The lowest BCUT2D eigenvalue weighted by Crippen LogP contribution is -2.64. The van der Waals surface area contributed by atoms with Gasteiger partial charge in [-0.15, -0.1) is 0 Å². The van der Waals surface area contributed by atoms with Gasteiger partial charge >= 0.3 is 0 Å². The summed E-state index contributed by atoms with van der Waals surface area (Å²) in [6, 6.07) is 40.1. The van der Waals surface area contributed by atoms with E-state index in [9.17, 15) is 0 Å². The maximum atomic E-state index is 2.70. The summed E-state index contributed by atoms with van der Waals surface area (Å²) < 4.78 is 0. The number of para-hydroxylation sites is 2. The molecule has 12 rings (SSSR count). The van der Waals surface area contributed by atoms with Crippen molar-refractivity contribution >= 4 is 57.2 Å². The minimum atomic E-state index is 0.123. The van der Waals surface area contributed by atoms with Gasteiger partial charge in [-0.05, 0) is 139 Å². The molecule has 218 valence electrons. The van der Waals surface area contributed by atoms with Crippen molar-refractivity contribution in [3.63, 3.8) is 0 Å². The average molecular weight is 581 g/mol. The van der Waals surface area contributed by atoms with Gasteiger partial charge in [-0.25, -0.2) is 0 Å². The van der Waals surface area contributed by atoms with Crippen molar-refractivity contribution < 1.29 is 0 Å². The van der Waals surface area contributed by atoms with Gasteiger partial charge in [0.25, 0.3) is 6.71 Å². The first-order valence-corrected chi connectivity index (χ1v) is 17.2. The molecule has 0 radical (unpaired) electrons. The van der Waals surface area contributed by atoms with Gasteiger partial charge < -0.3 is 9.80 Å². The molecule has 5 aromatic rings. The molecule has 0 atom stereocenters. The number of benzene rings is 5. The smallest absolute Gasteiger partial charge is 0.252 e.